The molecule has 0 bridgehead atoms. The number of ketones is 1. The summed E-state index contributed by atoms with van der Waals surface area (Å²) in [5.41, 5.74) is 0.845. The van der Waals surface area contributed by atoms with Gasteiger partial charge in [-0.05, 0) is 25.3 Å². The van der Waals surface area contributed by atoms with E-state index in [-0.39, 0.29) is 11.0 Å². The third-order valence-corrected chi connectivity index (χ3v) is 2.61. The maximum absolute atomic E-state index is 11.1. The Morgan fingerprint density at radius 3 is 2.75 bits per heavy atom. The lowest BCUT2D eigenvalue weighted by molar-refractivity contribution is -0.116. The smallest absolute Gasteiger partial charge is 0.148 e. The Balaban J connectivity index is 2.88. The summed E-state index contributed by atoms with van der Waals surface area (Å²) in [6.07, 6.45) is 3.63. The highest BCUT2D eigenvalue weighted by Crippen LogP contribution is 2.24. The maximum atomic E-state index is 11.1. The summed E-state index contributed by atoms with van der Waals surface area (Å²) < 4.78 is 0. The van der Waals surface area contributed by atoms with E-state index in [4.69, 9.17) is 0 Å². The van der Waals surface area contributed by atoms with Crippen molar-refractivity contribution in [2.45, 2.75) is 12.2 Å². The monoisotopic (exact) mass is 181 g/mol. The molecule has 3 heteroatoms. The second-order valence-electron chi connectivity index (χ2n) is 2.48. The van der Waals surface area contributed by atoms with Gasteiger partial charge in [-0.15, -0.1) is 11.8 Å². The number of hydrogen-bond donors (Lipinski definition) is 0. The number of rotatable bonds is 3. The van der Waals surface area contributed by atoms with Gasteiger partial charge >= 0.3 is 0 Å². The van der Waals surface area contributed by atoms with E-state index in [1.165, 1.54) is 11.8 Å². The molecule has 0 fully saturated rings. The molecule has 0 radical (unpaired) electrons. The van der Waals surface area contributed by atoms with Gasteiger partial charge in [-0.2, -0.15) is 0 Å². The Morgan fingerprint density at radius 1 is 1.58 bits per heavy atom. The van der Waals surface area contributed by atoms with Crippen LogP contribution >= 0.6 is 11.8 Å². The molecule has 0 amide bonds. The number of pyridine rings is 1. The minimum absolute atomic E-state index is 0.105. The Bertz CT molecular complexity index is 260. The molecule has 0 N–H and O–H groups in total. The summed E-state index contributed by atoms with van der Waals surface area (Å²) in [7, 11) is 0. The minimum Gasteiger partial charge on any atom is -0.298 e. The quantitative estimate of drug-likeness (QED) is 0.715. The third-order valence-electron chi connectivity index (χ3n) is 1.56. The summed E-state index contributed by atoms with van der Waals surface area (Å²) in [6.45, 7) is 1.59. The van der Waals surface area contributed by atoms with E-state index in [2.05, 4.69) is 4.98 Å². The Labute approximate surface area is 76.4 Å². The van der Waals surface area contributed by atoms with Gasteiger partial charge in [-0.25, -0.2) is 0 Å². The number of nitrogens with zero attached hydrogens (tertiary/aromatic N) is 1. The molecule has 1 rings (SSSR count). The van der Waals surface area contributed by atoms with Crippen molar-refractivity contribution in [3.8, 4) is 0 Å². The molecule has 1 heterocycles. The van der Waals surface area contributed by atoms with Crippen molar-refractivity contribution < 1.29 is 4.79 Å². The molecule has 1 unspecified atom stereocenters. The van der Waals surface area contributed by atoms with Crippen LogP contribution in [0.15, 0.2) is 24.4 Å². The molecular weight excluding hydrogens is 170 g/mol. The fraction of sp³-hybridized carbons (Fsp3) is 0.333. The first-order chi connectivity index (χ1) is 5.75. The molecule has 1 atom stereocenters. The van der Waals surface area contributed by atoms with Crippen molar-refractivity contribution >= 4 is 17.5 Å². The number of carbonyl (C=O) groups is 1. The number of hydrogen-bond acceptors (Lipinski definition) is 3. The standard InChI is InChI=1S/C9H11NOS/c1-7(11)9(12-2)8-5-3-4-6-10-8/h3-6,9H,1-2H3. The summed E-state index contributed by atoms with van der Waals surface area (Å²) >= 11 is 1.52. The predicted molar refractivity (Wildman–Crippen MR) is 51.2 cm³/mol. The van der Waals surface area contributed by atoms with Crippen LogP contribution in [0.3, 0.4) is 0 Å². The van der Waals surface area contributed by atoms with Gasteiger partial charge in [0, 0.05) is 6.20 Å². The van der Waals surface area contributed by atoms with Crippen molar-refractivity contribution in [2.75, 3.05) is 6.26 Å². The van der Waals surface area contributed by atoms with E-state index in [1.807, 2.05) is 24.5 Å². The summed E-state index contributed by atoms with van der Waals surface area (Å²) in [4.78, 5) is 15.2. The Kier molecular flexibility index (Phi) is 3.29. The lowest BCUT2D eigenvalue weighted by Crippen LogP contribution is -2.05. The first-order valence-electron chi connectivity index (χ1n) is 3.70. The largest absolute Gasteiger partial charge is 0.298 e. The Morgan fingerprint density at radius 2 is 2.33 bits per heavy atom. The van der Waals surface area contributed by atoms with Crippen LogP contribution in [0.25, 0.3) is 0 Å². The molecule has 0 saturated carbocycles. The first kappa shape index (κ1) is 9.26. The molecule has 0 aliphatic heterocycles. The fourth-order valence-electron chi connectivity index (χ4n) is 1.03. The van der Waals surface area contributed by atoms with Gasteiger partial charge in [0.15, 0.2) is 0 Å². The molecule has 0 aliphatic carbocycles. The van der Waals surface area contributed by atoms with Crippen LogP contribution in [0.1, 0.15) is 17.9 Å². The topological polar surface area (TPSA) is 30.0 Å². The van der Waals surface area contributed by atoms with Gasteiger partial charge in [0.1, 0.15) is 11.0 Å². The zero-order chi connectivity index (χ0) is 8.97. The van der Waals surface area contributed by atoms with E-state index in [1.54, 1.807) is 13.1 Å². The van der Waals surface area contributed by atoms with Crippen LogP contribution in [-0.4, -0.2) is 17.0 Å². The number of thioether (sulfide) groups is 1. The summed E-state index contributed by atoms with van der Waals surface area (Å²) in [5.74, 6) is 0.154. The molecule has 0 spiro atoms. The Hall–Kier alpha value is -0.830. The zero-order valence-electron chi connectivity index (χ0n) is 7.15. The van der Waals surface area contributed by atoms with Crippen LogP contribution in [0.5, 0.6) is 0 Å². The molecule has 64 valence electrons. The molecule has 0 aromatic carbocycles. The molecule has 12 heavy (non-hydrogen) atoms. The van der Waals surface area contributed by atoms with Crippen LogP contribution in [0.2, 0.25) is 0 Å². The SMILES string of the molecule is CSC(C(C)=O)c1ccccn1. The zero-order valence-corrected chi connectivity index (χ0v) is 7.97. The maximum Gasteiger partial charge on any atom is 0.148 e. The second-order valence-corrected chi connectivity index (χ2v) is 3.42. The number of carbonyl (C=O) groups excluding carboxylic acids is 1. The lowest BCUT2D eigenvalue weighted by Gasteiger charge is -2.08. The lowest BCUT2D eigenvalue weighted by atomic mass is 10.2. The van der Waals surface area contributed by atoms with Crippen LogP contribution in [0, 0.1) is 0 Å². The van der Waals surface area contributed by atoms with Crippen LogP contribution in [-0.2, 0) is 4.79 Å². The van der Waals surface area contributed by atoms with Gasteiger partial charge in [0.05, 0.1) is 5.69 Å². The van der Waals surface area contributed by atoms with Crippen LogP contribution in [0.4, 0.5) is 0 Å². The normalized spacial score (nSPS) is 12.5. The average molecular weight is 181 g/mol. The van der Waals surface area contributed by atoms with Gasteiger partial charge in [-0.3, -0.25) is 9.78 Å². The molecule has 2 nitrogen and oxygen atoms in total. The van der Waals surface area contributed by atoms with Gasteiger partial charge in [0.2, 0.25) is 0 Å². The number of Topliss-reactive ketones (excluding diaryl/α,β-unsaturated/α-hetero) is 1. The van der Waals surface area contributed by atoms with E-state index in [0.29, 0.717) is 0 Å². The fourth-order valence-corrected chi connectivity index (χ4v) is 1.74. The van der Waals surface area contributed by atoms with Gasteiger partial charge in [-0.1, -0.05) is 6.07 Å². The van der Waals surface area contributed by atoms with Crippen LogP contribution < -0.4 is 0 Å². The van der Waals surface area contributed by atoms with Crippen molar-refractivity contribution in [1.82, 2.24) is 4.98 Å². The molecule has 0 saturated heterocycles. The van der Waals surface area contributed by atoms with Crippen molar-refractivity contribution in [3.05, 3.63) is 30.1 Å². The molecule has 1 aromatic rings. The van der Waals surface area contributed by atoms with E-state index >= 15 is 0 Å². The third kappa shape index (κ3) is 2.08. The number of aromatic nitrogens is 1. The average Bonchev–Trinajstić information content (AvgIpc) is 2.07. The van der Waals surface area contributed by atoms with Crippen molar-refractivity contribution in [1.29, 1.82) is 0 Å². The minimum atomic E-state index is -0.105. The molecule has 1 aromatic heterocycles. The van der Waals surface area contributed by atoms with E-state index < -0.39 is 0 Å². The summed E-state index contributed by atoms with van der Waals surface area (Å²) in [6, 6.07) is 5.62. The molecule has 0 aliphatic rings. The van der Waals surface area contributed by atoms with Crippen molar-refractivity contribution in [2.24, 2.45) is 0 Å². The highest BCUT2D eigenvalue weighted by atomic mass is 32.2. The second kappa shape index (κ2) is 4.26. The van der Waals surface area contributed by atoms with E-state index in [0.717, 1.165) is 5.69 Å². The van der Waals surface area contributed by atoms with Gasteiger partial charge < -0.3 is 0 Å². The highest BCUT2D eigenvalue weighted by Gasteiger charge is 2.15. The summed E-state index contributed by atoms with van der Waals surface area (Å²) in [5, 5.41) is -0.105. The van der Waals surface area contributed by atoms with Gasteiger partial charge in [0.25, 0.3) is 0 Å². The first-order valence-corrected chi connectivity index (χ1v) is 4.98. The van der Waals surface area contributed by atoms with Crippen molar-refractivity contribution in [3.63, 3.8) is 0 Å². The highest BCUT2D eigenvalue weighted by molar-refractivity contribution is 7.99. The predicted octanol–water partition coefficient (Wildman–Crippen LogP) is 2.07. The molecular formula is C9H11NOS. The van der Waals surface area contributed by atoms with E-state index in [9.17, 15) is 4.79 Å².